The van der Waals surface area contributed by atoms with Crippen LogP contribution in [0.2, 0.25) is 0 Å². The molecule has 11 heavy (non-hydrogen) atoms. The van der Waals surface area contributed by atoms with E-state index < -0.39 is 0 Å². The van der Waals surface area contributed by atoms with Gasteiger partial charge in [0.1, 0.15) is 0 Å². The maximum Gasteiger partial charge on any atom is 0.0233 e. The third kappa shape index (κ3) is 2.72. The third-order valence-electron chi connectivity index (χ3n) is 1.50. The first-order valence-electron chi connectivity index (χ1n) is 3.80. The topological polar surface area (TPSA) is 3.24 Å². The number of benzene rings is 1. The summed E-state index contributed by atoms with van der Waals surface area (Å²) in [4.78, 5) is 2.14. The van der Waals surface area contributed by atoms with Crippen molar-refractivity contribution in [3.8, 4) is 0 Å². The highest BCUT2D eigenvalue weighted by Gasteiger charge is 1.93. The number of hydrogen-bond acceptors (Lipinski definition) is 1. The second-order valence-electron chi connectivity index (χ2n) is 3.13. The largest absolute Gasteiger partial charge is 0.305 e. The molecule has 0 aliphatic carbocycles. The average molecular weight is 148 g/mol. The second-order valence-corrected chi connectivity index (χ2v) is 3.13. The zero-order valence-corrected chi connectivity index (χ0v) is 7.39. The molecule has 0 heterocycles. The van der Waals surface area contributed by atoms with E-state index in [4.69, 9.17) is 0 Å². The minimum absolute atomic E-state index is 0.974. The van der Waals surface area contributed by atoms with Crippen LogP contribution in [0.3, 0.4) is 0 Å². The molecule has 0 unspecified atom stereocenters. The molecule has 1 heteroatoms. The predicted molar refractivity (Wildman–Crippen MR) is 47.4 cm³/mol. The molecule has 0 N–H and O–H groups in total. The van der Waals surface area contributed by atoms with Gasteiger partial charge in [-0.05, 0) is 32.6 Å². The summed E-state index contributed by atoms with van der Waals surface area (Å²) in [6, 6.07) is 9.41. The number of aryl methyl sites for hydroxylation is 1. The summed E-state index contributed by atoms with van der Waals surface area (Å²) in [5, 5.41) is 0. The Hall–Kier alpha value is -0.820. The van der Waals surface area contributed by atoms with Gasteiger partial charge in [-0.3, -0.25) is 0 Å². The van der Waals surface area contributed by atoms with Gasteiger partial charge in [-0.15, -0.1) is 0 Å². The second kappa shape index (κ2) is 3.54. The van der Waals surface area contributed by atoms with Crippen LogP contribution in [0.4, 0.5) is 0 Å². The lowest BCUT2D eigenvalue weighted by Crippen LogP contribution is -2.10. The molecule has 59 valence electrons. The summed E-state index contributed by atoms with van der Waals surface area (Å²) in [7, 11) is 4.13. The van der Waals surface area contributed by atoms with Gasteiger partial charge in [0, 0.05) is 6.54 Å². The number of rotatable bonds is 2. The van der Waals surface area contributed by atoms with Gasteiger partial charge in [0.2, 0.25) is 0 Å². The Labute approximate surface area is 68.7 Å². The van der Waals surface area contributed by atoms with Crippen LogP contribution < -0.4 is 0 Å². The lowest BCUT2D eigenvalue weighted by Gasteiger charge is -2.08. The van der Waals surface area contributed by atoms with Crippen LogP contribution in [0.25, 0.3) is 0 Å². The van der Waals surface area contributed by atoms with Crippen molar-refractivity contribution >= 4 is 0 Å². The van der Waals surface area contributed by atoms with Crippen LogP contribution >= 0.6 is 0 Å². The smallest absolute Gasteiger partial charge is 0.0233 e. The van der Waals surface area contributed by atoms with Crippen molar-refractivity contribution in [2.45, 2.75) is 13.5 Å². The van der Waals surface area contributed by atoms with E-state index in [-0.39, 0.29) is 0 Å². The highest BCUT2D eigenvalue weighted by Crippen LogP contribution is 2.04. The molecule has 0 fully saturated rings. The fourth-order valence-corrected chi connectivity index (χ4v) is 1.08. The Morgan fingerprint density at radius 2 is 2.18 bits per heavy atom. The van der Waals surface area contributed by atoms with Crippen molar-refractivity contribution in [1.29, 1.82) is 0 Å². The van der Waals surface area contributed by atoms with Gasteiger partial charge in [-0.1, -0.05) is 23.8 Å². The molecule has 1 rings (SSSR count). The van der Waals surface area contributed by atoms with Crippen LogP contribution in [-0.4, -0.2) is 19.0 Å². The van der Waals surface area contributed by atoms with E-state index in [1.165, 1.54) is 11.1 Å². The van der Waals surface area contributed by atoms with Gasteiger partial charge in [0.25, 0.3) is 0 Å². The fraction of sp³-hybridized carbons (Fsp3) is 0.400. The molecule has 0 aromatic heterocycles. The molecule has 0 atom stereocenters. The van der Waals surface area contributed by atoms with Crippen LogP contribution in [-0.2, 0) is 6.54 Å². The zero-order chi connectivity index (χ0) is 8.27. The predicted octanol–water partition coefficient (Wildman–Crippen LogP) is 1.86. The minimum atomic E-state index is 0.974. The van der Waals surface area contributed by atoms with E-state index in [1.807, 2.05) is 6.07 Å². The van der Waals surface area contributed by atoms with E-state index in [0.29, 0.717) is 0 Å². The zero-order valence-electron chi connectivity index (χ0n) is 7.39. The van der Waals surface area contributed by atoms with E-state index >= 15 is 0 Å². The molecular weight excluding hydrogens is 134 g/mol. The minimum Gasteiger partial charge on any atom is -0.305 e. The molecule has 0 bridgehead atoms. The highest BCUT2D eigenvalue weighted by molar-refractivity contribution is 5.20. The Morgan fingerprint density at radius 1 is 1.45 bits per heavy atom. The average Bonchev–Trinajstić information content (AvgIpc) is 1.85. The molecule has 1 radical (unpaired) electrons. The Morgan fingerprint density at radius 3 is 2.73 bits per heavy atom. The van der Waals surface area contributed by atoms with E-state index in [1.54, 1.807) is 0 Å². The molecular formula is C10H14N. The van der Waals surface area contributed by atoms with Crippen molar-refractivity contribution in [2.75, 3.05) is 14.1 Å². The fourth-order valence-electron chi connectivity index (χ4n) is 1.08. The summed E-state index contributed by atoms with van der Waals surface area (Å²) in [6.45, 7) is 3.08. The molecule has 1 nitrogen and oxygen atoms in total. The van der Waals surface area contributed by atoms with Gasteiger partial charge < -0.3 is 4.90 Å². The van der Waals surface area contributed by atoms with Crippen LogP contribution in [0.1, 0.15) is 11.1 Å². The van der Waals surface area contributed by atoms with E-state index in [9.17, 15) is 0 Å². The molecule has 0 saturated heterocycles. The van der Waals surface area contributed by atoms with Crippen molar-refractivity contribution in [3.05, 3.63) is 35.4 Å². The highest BCUT2D eigenvalue weighted by atomic mass is 15.0. The normalized spacial score (nSPS) is 10.5. The van der Waals surface area contributed by atoms with E-state index in [2.05, 4.69) is 44.1 Å². The Bertz CT molecular complexity index is 228. The summed E-state index contributed by atoms with van der Waals surface area (Å²) >= 11 is 0. The van der Waals surface area contributed by atoms with Gasteiger partial charge in [-0.2, -0.15) is 0 Å². The van der Waals surface area contributed by atoms with Crippen molar-refractivity contribution in [3.63, 3.8) is 0 Å². The van der Waals surface area contributed by atoms with Gasteiger partial charge in [0.15, 0.2) is 0 Å². The summed E-state index contributed by atoms with van der Waals surface area (Å²) in [6.07, 6.45) is 0. The SMILES string of the molecule is Cc1cc[c]c(CN(C)C)c1. The van der Waals surface area contributed by atoms with Crippen molar-refractivity contribution in [2.24, 2.45) is 0 Å². The van der Waals surface area contributed by atoms with Crippen molar-refractivity contribution < 1.29 is 0 Å². The first-order chi connectivity index (χ1) is 5.18. The van der Waals surface area contributed by atoms with E-state index in [0.717, 1.165) is 6.54 Å². The molecule has 1 aromatic rings. The quantitative estimate of drug-likeness (QED) is 0.618. The Kier molecular flexibility index (Phi) is 2.66. The number of hydrogen-bond donors (Lipinski definition) is 0. The van der Waals surface area contributed by atoms with Crippen LogP contribution in [0, 0.1) is 13.0 Å². The van der Waals surface area contributed by atoms with Crippen LogP contribution in [0.5, 0.6) is 0 Å². The standard InChI is InChI=1S/C10H14N/c1-9-5-4-6-10(7-9)8-11(2)3/h4-5,7H,8H2,1-3H3. The first kappa shape index (κ1) is 8.28. The summed E-state index contributed by atoms with van der Waals surface area (Å²) in [5.74, 6) is 0. The monoisotopic (exact) mass is 148 g/mol. The van der Waals surface area contributed by atoms with Crippen molar-refractivity contribution in [1.82, 2.24) is 4.90 Å². The number of nitrogens with zero attached hydrogens (tertiary/aromatic N) is 1. The molecule has 1 aromatic carbocycles. The Balaban J connectivity index is 2.71. The molecule has 0 spiro atoms. The molecule has 0 saturated carbocycles. The first-order valence-corrected chi connectivity index (χ1v) is 3.80. The summed E-state index contributed by atoms with van der Waals surface area (Å²) in [5.41, 5.74) is 2.57. The lowest BCUT2D eigenvalue weighted by atomic mass is 10.1. The third-order valence-corrected chi connectivity index (χ3v) is 1.50. The van der Waals surface area contributed by atoms with Crippen LogP contribution in [0.15, 0.2) is 18.2 Å². The molecule has 0 amide bonds. The molecule has 0 aliphatic heterocycles. The maximum absolute atomic E-state index is 3.20. The van der Waals surface area contributed by atoms with Gasteiger partial charge in [-0.25, -0.2) is 0 Å². The van der Waals surface area contributed by atoms with Gasteiger partial charge in [0.05, 0.1) is 0 Å². The lowest BCUT2D eigenvalue weighted by molar-refractivity contribution is 0.402. The maximum atomic E-state index is 3.20. The molecule has 0 aliphatic rings. The van der Waals surface area contributed by atoms with Gasteiger partial charge >= 0.3 is 0 Å². The summed E-state index contributed by atoms with van der Waals surface area (Å²) < 4.78 is 0.